The molecule has 0 saturated carbocycles. The minimum atomic E-state index is -5.94. The van der Waals surface area contributed by atoms with Gasteiger partial charge in [0.2, 0.25) is 0 Å². The van der Waals surface area contributed by atoms with Crippen molar-refractivity contribution >= 4 is 0 Å². The normalized spacial score (nSPS) is 16.3. The van der Waals surface area contributed by atoms with E-state index in [-0.39, 0.29) is 0 Å². The zero-order valence-electron chi connectivity index (χ0n) is 5.71. The molecule has 0 fully saturated rings. The van der Waals surface area contributed by atoms with E-state index >= 15 is 0 Å². The first-order valence-corrected chi connectivity index (χ1v) is 2.45. The highest BCUT2D eigenvalue weighted by atomic mass is 19.4. The Morgan fingerprint density at radius 1 is 1.00 bits per heavy atom. The summed E-state index contributed by atoms with van der Waals surface area (Å²) >= 11 is 0. The Bertz CT molecular complexity index is 128. The van der Waals surface area contributed by atoms with Gasteiger partial charge < -0.3 is 5.11 Å². The molecule has 0 heterocycles. The molecule has 12 heavy (non-hydrogen) atoms. The summed E-state index contributed by atoms with van der Waals surface area (Å²) in [4.78, 5) is 0. The van der Waals surface area contributed by atoms with Gasteiger partial charge in [0.05, 0.1) is 0 Å². The molecule has 1 N–H and O–H groups in total. The lowest BCUT2D eigenvalue weighted by Gasteiger charge is -2.20. The molecule has 0 saturated heterocycles. The van der Waals surface area contributed by atoms with Crippen molar-refractivity contribution < 1.29 is 31.4 Å². The monoisotopic (exact) mass is 196 g/mol. The molecule has 1 atom stereocenters. The van der Waals surface area contributed by atoms with Crippen molar-refractivity contribution in [3.05, 3.63) is 13.2 Å². The molecule has 1 unspecified atom stereocenters. The van der Waals surface area contributed by atoms with Crippen LogP contribution in [-0.2, 0) is 0 Å². The summed E-state index contributed by atoms with van der Waals surface area (Å²) < 4.78 is 66.3. The van der Waals surface area contributed by atoms with Crippen LogP contribution in [0.2, 0.25) is 0 Å². The van der Waals surface area contributed by atoms with Gasteiger partial charge in [-0.05, 0) is 0 Å². The summed E-state index contributed by atoms with van der Waals surface area (Å²) in [7, 11) is 0. The minimum Gasteiger partial charge on any atom is -0.350 e. The molecule has 74 valence electrons. The maximum Gasteiger partial charge on any atom is 0.454 e. The van der Waals surface area contributed by atoms with Crippen molar-refractivity contribution in [1.82, 2.24) is 0 Å². The molecule has 0 aliphatic heterocycles. The molecule has 0 amide bonds. The van der Waals surface area contributed by atoms with Crippen LogP contribution >= 0.6 is 0 Å². The van der Waals surface area contributed by atoms with E-state index in [1.54, 1.807) is 0 Å². The van der Waals surface area contributed by atoms with E-state index < -0.39 is 18.5 Å². The van der Waals surface area contributed by atoms with Crippen LogP contribution in [0.1, 0.15) is 0 Å². The first-order valence-electron chi connectivity index (χ1n) is 2.45. The van der Waals surface area contributed by atoms with Crippen molar-refractivity contribution in [2.45, 2.75) is 18.5 Å². The van der Waals surface area contributed by atoms with E-state index in [4.69, 9.17) is 5.11 Å². The number of aliphatic hydroxyl groups is 1. The van der Waals surface area contributed by atoms with E-state index in [1.807, 2.05) is 0 Å². The molecule has 0 aliphatic carbocycles. The molecule has 0 rings (SSSR count). The van der Waals surface area contributed by atoms with E-state index in [0.717, 1.165) is 0 Å². The Kier molecular flexibility index (Phi) is 5.01. The molecule has 1 nitrogen and oxygen atoms in total. The van der Waals surface area contributed by atoms with Gasteiger partial charge in [-0.15, -0.1) is 13.2 Å². The topological polar surface area (TPSA) is 20.2 Å². The number of halogens is 6. The largest absolute Gasteiger partial charge is 0.454 e. The molecular formula is C5H6F6O. The van der Waals surface area contributed by atoms with E-state index in [9.17, 15) is 26.3 Å². The molecule has 0 spiro atoms. The summed E-state index contributed by atoms with van der Waals surface area (Å²) in [6.45, 7) is 6.00. The third-order valence-corrected chi connectivity index (χ3v) is 0.687. The summed E-state index contributed by atoms with van der Waals surface area (Å²) in [5.74, 6) is -5.40. The minimum absolute atomic E-state index is 3.00. The molecule has 0 aliphatic rings. The number of alkyl halides is 6. The van der Waals surface area contributed by atoms with Gasteiger partial charge in [0, 0.05) is 0 Å². The van der Waals surface area contributed by atoms with Crippen LogP contribution < -0.4 is 0 Å². The summed E-state index contributed by atoms with van der Waals surface area (Å²) in [5, 5.41) is 7.39. The predicted octanol–water partition coefficient (Wildman–Crippen LogP) is 2.27. The Morgan fingerprint density at radius 2 is 1.25 bits per heavy atom. The van der Waals surface area contributed by atoms with E-state index in [0.29, 0.717) is 0 Å². The highest BCUT2D eigenvalue weighted by molar-refractivity contribution is 4.76. The average molecular weight is 196 g/mol. The Morgan fingerprint density at radius 3 is 1.25 bits per heavy atom. The highest BCUT2D eigenvalue weighted by Crippen LogP contribution is 2.36. The van der Waals surface area contributed by atoms with Gasteiger partial charge in [0.25, 0.3) is 0 Å². The zero-order valence-corrected chi connectivity index (χ0v) is 5.71. The fourth-order valence-corrected chi connectivity index (χ4v) is 0.124. The molecule has 0 aromatic carbocycles. The van der Waals surface area contributed by atoms with Crippen molar-refractivity contribution in [3.8, 4) is 0 Å². The summed E-state index contributed by atoms with van der Waals surface area (Å²) in [6, 6.07) is 0. The second-order valence-electron chi connectivity index (χ2n) is 1.47. The van der Waals surface area contributed by atoms with Gasteiger partial charge in [-0.25, -0.2) is 8.78 Å². The van der Waals surface area contributed by atoms with Gasteiger partial charge in [-0.1, -0.05) is 0 Å². The van der Waals surface area contributed by atoms with E-state index in [2.05, 4.69) is 13.2 Å². The van der Waals surface area contributed by atoms with Crippen LogP contribution in [0.25, 0.3) is 0 Å². The third kappa shape index (κ3) is 3.12. The zero-order chi connectivity index (χ0) is 10.6. The standard InChI is InChI=1S/C3H2F6O.C2H4/c4-1(5)2(6,10)3(7,8)9;1-2/h1,10H;1-2H2. The molecule has 0 bridgehead atoms. The van der Waals surface area contributed by atoms with Crippen molar-refractivity contribution in [2.24, 2.45) is 0 Å². The van der Waals surface area contributed by atoms with Crippen LogP contribution in [0, 0.1) is 0 Å². The van der Waals surface area contributed by atoms with E-state index in [1.165, 1.54) is 0 Å². The lowest BCUT2D eigenvalue weighted by Crippen LogP contribution is -2.47. The van der Waals surface area contributed by atoms with Crippen molar-refractivity contribution in [2.75, 3.05) is 0 Å². The third-order valence-electron chi connectivity index (χ3n) is 0.687. The molecular weight excluding hydrogens is 190 g/mol. The average Bonchev–Trinajstić information content (AvgIpc) is 1.89. The van der Waals surface area contributed by atoms with Crippen LogP contribution in [0.3, 0.4) is 0 Å². The van der Waals surface area contributed by atoms with Crippen molar-refractivity contribution in [1.29, 1.82) is 0 Å². The second-order valence-corrected chi connectivity index (χ2v) is 1.47. The van der Waals surface area contributed by atoms with Crippen LogP contribution in [0.5, 0.6) is 0 Å². The van der Waals surface area contributed by atoms with Gasteiger partial charge in [-0.3, -0.25) is 0 Å². The first kappa shape index (κ1) is 13.8. The highest BCUT2D eigenvalue weighted by Gasteiger charge is 2.62. The Labute approximate surface area is 64.3 Å². The van der Waals surface area contributed by atoms with Crippen molar-refractivity contribution in [3.63, 3.8) is 0 Å². The second kappa shape index (κ2) is 4.34. The quantitative estimate of drug-likeness (QED) is 0.503. The van der Waals surface area contributed by atoms with Gasteiger partial charge in [0.1, 0.15) is 0 Å². The van der Waals surface area contributed by atoms with Crippen LogP contribution in [0.15, 0.2) is 13.2 Å². The molecule has 0 radical (unpaired) electrons. The smallest absolute Gasteiger partial charge is 0.350 e. The molecule has 0 aromatic rings. The first-order chi connectivity index (χ1) is 5.19. The maximum atomic E-state index is 11.4. The van der Waals surface area contributed by atoms with Crippen LogP contribution in [0.4, 0.5) is 26.3 Å². The lowest BCUT2D eigenvalue weighted by molar-refractivity contribution is -0.352. The SMILES string of the molecule is C=C.OC(F)(C(F)F)C(F)(F)F. The van der Waals surface area contributed by atoms with Gasteiger partial charge in [0.15, 0.2) is 0 Å². The summed E-state index contributed by atoms with van der Waals surface area (Å²) in [6.07, 6.45) is -10.4. The Balaban J connectivity index is 0. The maximum absolute atomic E-state index is 11.4. The number of hydrogen-bond donors (Lipinski definition) is 1. The summed E-state index contributed by atoms with van der Waals surface area (Å²) in [5.41, 5.74) is 0. The molecule has 7 heteroatoms. The Hall–Kier alpha value is -0.720. The lowest BCUT2D eigenvalue weighted by atomic mass is 10.3. The fraction of sp³-hybridized carbons (Fsp3) is 0.600. The number of rotatable bonds is 1. The number of hydrogen-bond acceptors (Lipinski definition) is 1. The van der Waals surface area contributed by atoms with Gasteiger partial charge >= 0.3 is 18.5 Å². The van der Waals surface area contributed by atoms with Crippen LogP contribution in [-0.4, -0.2) is 23.6 Å². The van der Waals surface area contributed by atoms with Gasteiger partial charge in [-0.2, -0.15) is 17.6 Å². The fourth-order valence-electron chi connectivity index (χ4n) is 0.124. The predicted molar refractivity (Wildman–Crippen MR) is 29.4 cm³/mol. The molecule has 0 aromatic heterocycles.